The Morgan fingerprint density at radius 1 is 1.24 bits per heavy atom. The minimum atomic E-state index is -0.255. The first kappa shape index (κ1) is 15.4. The molecule has 1 aromatic heterocycles. The van der Waals surface area contributed by atoms with Crippen molar-refractivity contribution in [2.45, 2.75) is 6.42 Å². The Hall–Kier alpha value is -1.98. The van der Waals surface area contributed by atoms with Crippen LogP contribution in [0.5, 0.6) is 0 Å². The van der Waals surface area contributed by atoms with Gasteiger partial charge in [-0.1, -0.05) is 12.1 Å². The number of rotatable bonds is 6. The molecule has 0 radical (unpaired) electrons. The van der Waals surface area contributed by atoms with Gasteiger partial charge in [-0.2, -0.15) is 0 Å². The van der Waals surface area contributed by atoms with Gasteiger partial charge in [0.2, 0.25) is 5.91 Å². The Bertz CT molecular complexity index is 619. The van der Waals surface area contributed by atoms with Crippen molar-refractivity contribution in [1.82, 2.24) is 5.32 Å². The number of aliphatic hydroxyl groups is 1. The molecule has 1 amide bonds. The molecule has 0 spiro atoms. The van der Waals surface area contributed by atoms with Gasteiger partial charge in [0.05, 0.1) is 0 Å². The largest absolute Gasteiger partial charge is 0.396 e. The second-order valence-electron chi connectivity index (χ2n) is 4.41. The third kappa shape index (κ3) is 4.81. The van der Waals surface area contributed by atoms with E-state index in [-0.39, 0.29) is 18.3 Å². The Morgan fingerprint density at radius 3 is 2.71 bits per heavy atom. The van der Waals surface area contributed by atoms with Crippen molar-refractivity contribution in [2.75, 3.05) is 13.2 Å². The highest BCUT2D eigenvalue weighted by Crippen LogP contribution is 2.28. The summed E-state index contributed by atoms with van der Waals surface area (Å²) in [4.78, 5) is 13.5. The van der Waals surface area contributed by atoms with E-state index < -0.39 is 0 Å². The lowest BCUT2D eigenvalue weighted by Crippen LogP contribution is -2.22. The van der Waals surface area contributed by atoms with Crippen molar-refractivity contribution in [3.05, 3.63) is 53.2 Å². The molecular weight excluding hydrogens is 289 g/mol. The first-order chi connectivity index (χ1) is 10.2. The molecule has 2 N–H and O–H groups in total. The molecule has 1 aromatic carbocycles. The van der Waals surface area contributed by atoms with Gasteiger partial charge in [0.1, 0.15) is 5.82 Å². The number of benzene rings is 1. The molecule has 110 valence electrons. The number of carbonyl (C=O) groups excluding carboxylic acids is 1. The molecule has 0 aliphatic heterocycles. The van der Waals surface area contributed by atoms with Crippen molar-refractivity contribution in [1.29, 1.82) is 0 Å². The van der Waals surface area contributed by atoms with E-state index in [9.17, 15) is 9.18 Å². The Kier molecular flexibility index (Phi) is 5.66. The van der Waals surface area contributed by atoms with Crippen molar-refractivity contribution in [3.8, 4) is 10.4 Å². The van der Waals surface area contributed by atoms with Gasteiger partial charge in [0.15, 0.2) is 0 Å². The van der Waals surface area contributed by atoms with Crippen LogP contribution >= 0.6 is 11.3 Å². The molecule has 21 heavy (non-hydrogen) atoms. The van der Waals surface area contributed by atoms with Gasteiger partial charge in [-0.3, -0.25) is 4.79 Å². The van der Waals surface area contributed by atoms with Crippen LogP contribution in [0.2, 0.25) is 0 Å². The second kappa shape index (κ2) is 7.71. The predicted octanol–water partition coefficient (Wildman–Crippen LogP) is 3.07. The van der Waals surface area contributed by atoms with Gasteiger partial charge < -0.3 is 10.4 Å². The minimum Gasteiger partial charge on any atom is -0.396 e. The van der Waals surface area contributed by atoms with E-state index in [1.165, 1.54) is 29.5 Å². The summed E-state index contributed by atoms with van der Waals surface area (Å²) in [5.74, 6) is -0.435. The SMILES string of the molecule is O=C(/C=C/c1ccc(-c2ccc(F)cc2)s1)NCCCO. The summed E-state index contributed by atoms with van der Waals surface area (Å²) in [6, 6.07) is 10.2. The number of thiophene rings is 1. The van der Waals surface area contributed by atoms with Crippen LogP contribution in [0.15, 0.2) is 42.5 Å². The molecule has 0 saturated carbocycles. The first-order valence-electron chi connectivity index (χ1n) is 6.61. The van der Waals surface area contributed by atoms with Crippen molar-refractivity contribution < 1.29 is 14.3 Å². The van der Waals surface area contributed by atoms with E-state index in [4.69, 9.17) is 5.11 Å². The number of carbonyl (C=O) groups is 1. The van der Waals surface area contributed by atoms with Crippen LogP contribution in [-0.4, -0.2) is 24.2 Å². The predicted molar refractivity (Wildman–Crippen MR) is 83.5 cm³/mol. The van der Waals surface area contributed by atoms with E-state index in [0.717, 1.165) is 15.3 Å². The van der Waals surface area contributed by atoms with Crippen LogP contribution in [0.25, 0.3) is 16.5 Å². The highest BCUT2D eigenvalue weighted by molar-refractivity contribution is 7.16. The number of hydrogen-bond acceptors (Lipinski definition) is 3. The van der Waals surface area contributed by atoms with Gasteiger partial charge in [-0.15, -0.1) is 11.3 Å². The monoisotopic (exact) mass is 305 g/mol. The number of hydrogen-bond donors (Lipinski definition) is 2. The molecule has 0 saturated heterocycles. The molecule has 2 aromatic rings. The molecule has 5 heteroatoms. The summed E-state index contributed by atoms with van der Waals surface area (Å²) in [5, 5.41) is 11.3. The van der Waals surface area contributed by atoms with E-state index in [0.29, 0.717) is 13.0 Å². The topological polar surface area (TPSA) is 49.3 Å². The van der Waals surface area contributed by atoms with E-state index in [1.807, 2.05) is 12.1 Å². The molecule has 0 aliphatic rings. The summed E-state index contributed by atoms with van der Waals surface area (Å²) in [7, 11) is 0. The third-order valence-electron chi connectivity index (χ3n) is 2.79. The number of amides is 1. The van der Waals surface area contributed by atoms with Gasteiger partial charge in [0, 0.05) is 29.0 Å². The quantitative estimate of drug-likeness (QED) is 0.636. The van der Waals surface area contributed by atoms with E-state index in [2.05, 4.69) is 5.32 Å². The average molecular weight is 305 g/mol. The first-order valence-corrected chi connectivity index (χ1v) is 7.43. The zero-order chi connectivity index (χ0) is 15.1. The van der Waals surface area contributed by atoms with Crippen LogP contribution in [0.1, 0.15) is 11.3 Å². The number of aliphatic hydroxyl groups excluding tert-OH is 1. The zero-order valence-electron chi connectivity index (χ0n) is 11.4. The average Bonchev–Trinajstić information content (AvgIpc) is 2.95. The summed E-state index contributed by atoms with van der Waals surface area (Å²) in [6.45, 7) is 0.529. The number of halogens is 1. The van der Waals surface area contributed by atoms with E-state index >= 15 is 0 Å². The lowest BCUT2D eigenvalue weighted by Gasteiger charge is -1.98. The van der Waals surface area contributed by atoms with Crippen LogP contribution in [-0.2, 0) is 4.79 Å². The maximum Gasteiger partial charge on any atom is 0.244 e. The van der Waals surface area contributed by atoms with Crippen molar-refractivity contribution >= 4 is 23.3 Å². The summed E-state index contributed by atoms with van der Waals surface area (Å²) in [5.41, 5.74) is 0.952. The van der Waals surface area contributed by atoms with Gasteiger partial charge in [-0.05, 0) is 42.3 Å². The highest BCUT2D eigenvalue weighted by Gasteiger charge is 2.02. The molecule has 3 nitrogen and oxygen atoms in total. The summed E-state index contributed by atoms with van der Waals surface area (Å²) < 4.78 is 12.9. The van der Waals surface area contributed by atoms with Gasteiger partial charge in [-0.25, -0.2) is 4.39 Å². The van der Waals surface area contributed by atoms with Gasteiger partial charge in [0.25, 0.3) is 0 Å². The standard InChI is InChI=1S/C16H16FNO2S/c17-13-4-2-12(3-5-13)15-8-6-14(21-15)7-9-16(20)18-10-1-11-19/h2-9,19H,1,10-11H2,(H,18,20)/b9-7+. The minimum absolute atomic E-state index is 0.0654. The Morgan fingerprint density at radius 2 is 2.00 bits per heavy atom. The van der Waals surface area contributed by atoms with Crippen molar-refractivity contribution in [2.24, 2.45) is 0 Å². The highest BCUT2D eigenvalue weighted by atomic mass is 32.1. The normalized spacial score (nSPS) is 11.0. The Balaban J connectivity index is 1.96. The van der Waals surface area contributed by atoms with Crippen LogP contribution < -0.4 is 5.32 Å². The summed E-state index contributed by atoms with van der Waals surface area (Å²) in [6.07, 6.45) is 3.76. The third-order valence-corrected chi connectivity index (χ3v) is 3.89. The maximum atomic E-state index is 12.9. The summed E-state index contributed by atoms with van der Waals surface area (Å²) >= 11 is 1.53. The van der Waals surface area contributed by atoms with E-state index in [1.54, 1.807) is 18.2 Å². The van der Waals surface area contributed by atoms with Crippen LogP contribution in [0, 0.1) is 5.82 Å². The zero-order valence-corrected chi connectivity index (χ0v) is 12.2. The maximum absolute atomic E-state index is 12.9. The fourth-order valence-corrected chi connectivity index (χ4v) is 2.64. The molecule has 0 fully saturated rings. The lowest BCUT2D eigenvalue weighted by atomic mass is 10.2. The smallest absolute Gasteiger partial charge is 0.244 e. The fraction of sp³-hybridized carbons (Fsp3) is 0.188. The van der Waals surface area contributed by atoms with Crippen molar-refractivity contribution in [3.63, 3.8) is 0 Å². The van der Waals surface area contributed by atoms with Crippen LogP contribution in [0.4, 0.5) is 4.39 Å². The van der Waals surface area contributed by atoms with Crippen LogP contribution in [0.3, 0.4) is 0 Å². The number of nitrogens with one attached hydrogen (secondary N) is 1. The van der Waals surface area contributed by atoms with Gasteiger partial charge >= 0.3 is 0 Å². The lowest BCUT2D eigenvalue weighted by molar-refractivity contribution is -0.116. The second-order valence-corrected chi connectivity index (χ2v) is 5.53. The molecule has 0 unspecified atom stereocenters. The molecular formula is C16H16FNO2S. The molecule has 1 heterocycles. The molecule has 2 rings (SSSR count). The molecule has 0 aliphatic carbocycles. The fourth-order valence-electron chi connectivity index (χ4n) is 1.72. The molecule has 0 atom stereocenters. The molecule has 0 bridgehead atoms. The Labute approximate surface area is 126 Å².